The topological polar surface area (TPSA) is 51.2 Å². The molecule has 1 aliphatic rings. The van der Waals surface area contributed by atoms with E-state index in [-0.39, 0.29) is 12.0 Å². The Bertz CT molecular complexity index is 625. The number of hydrogen-bond donors (Lipinski definition) is 1. The van der Waals surface area contributed by atoms with Crippen LogP contribution in [0, 0.1) is 0 Å². The fourth-order valence-electron chi connectivity index (χ4n) is 2.43. The van der Waals surface area contributed by atoms with E-state index in [0.29, 0.717) is 18.0 Å². The van der Waals surface area contributed by atoms with Crippen LogP contribution in [0.3, 0.4) is 0 Å². The number of nitrogens with zero attached hydrogens (tertiary/aromatic N) is 1. The maximum atomic E-state index is 12.1. The van der Waals surface area contributed by atoms with Gasteiger partial charge in [0.25, 0.3) is 5.91 Å². The van der Waals surface area contributed by atoms with Crippen LogP contribution in [0.2, 0.25) is 0 Å². The molecule has 0 spiro atoms. The van der Waals surface area contributed by atoms with Crippen LogP contribution >= 0.6 is 11.8 Å². The Labute approximate surface area is 140 Å². The van der Waals surface area contributed by atoms with Crippen molar-refractivity contribution in [3.05, 3.63) is 59.8 Å². The van der Waals surface area contributed by atoms with Gasteiger partial charge >= 0.3 is 0 Å². The highest BCUT2D eigenvalue weighted by Crippen LogP contribution is 2.21. The van der Waals surface area contributed by atoms with E-state index in [0.717, 1.165) is 24.3 Å². The number of amides is 1. The second kappa shape index (κ2) is 8.02. The van der Waals surface area contributed by atoms with Crippen LogP contribution in [0.15, 0.2) is 48.7 Å². The average Bonchev–Trinajstić information content (AvgIpc) is 3.09. The van der Waals surface area contributed by atoms with Crippen molar-refractivity contribution in [3.63, 3.8) is 0 Å². The van der Waals surface area contributed by atoms with Crippen LogP contribution in [-0.4, -0.2) is 35.0 Å². The molecule has 0 aliphatic carbocycles. The minimum Gasteiger partial charge on any atom is -0.473 e. The van der Waals surface area contributed by atoms with Gasteiger partial charge in [-0.3, -0.25) is 4.79 Å². The first-order chi connectivity index (χ1) is 11.3. The zero-order valence-electron chi connectivity index (χ0n) is 12.9. The molecule has 2 heterocycles. The van der Waals surface area contributed by atoms with Crippen molar-refractivity contribution >= 4 is 17.7 Å². The number of hydrogen-bond acceptors (Lipinski definition) is 4. The lowest BCUT2D eigenvalue weighted by Gasteiger charge is -2.11. The summed E-state index contributed by atoms with van der Waals surface area (Å²) in [5.41, 5.74) is 1.77. The van der Waals surface area contributed by atoms with Gasteiger partial charge in [-0.25, -0.2) is 4.98 Å². The normalized spacial score (nSPS) is 17.0. The number of ether oxygens (including phenoxy) is 1. The number of pyridine rings is 1. The van der Waals surface area contributed by atoms with Crippen LogP contribution in [-0.2, 0) is 6.42 Å². The Morgan fingerprint density at radius 2 is 2.13 bits per heavy atom. The summed E-state index contributed by atoms with van der Waals surface area (Å²) in [5, 5.41) is 2.92. The fraction of sp³-hybridized carbons (Fsp3) is 0.333. The van der Waals surface area contributed by atoms with Gasteiger partial charge in [0, 0.05) is 24.6 Å². The Kier molecular flexibility index (Phi) is 5.53. The number of carbonyl (C=O) groups excluding carboxylic acids is 1. The van der Waals surface area contributed by atoms with E-state index in [9.17, 15) is 4.79 Å². The molecule has 1 amide bonds. The number of aromatic nitrogens is 1. The Balaban J connectivity index is 1.47. The van der Waals surface area contributed by atoms with Gasteiger partial charge in [0.15, 0.2) is 0 Å². The van der Waals surface area contributed by atoms with E-state index in [1.165, 1.54) is 5.56 Å². The molecule has 1 atom stereocenters. The lowest BCUT2D eigenvalue weighted by molar-refractivity contribution is 0.0953. The quantitative estimate of drug-likeness (QED) is 0.886. The Morgan fingerprint density at radius 1 is 1.26 bits per heavy atom. The van der Waals surface area contributed by atoms with Crippen LogP contribution in [0.5, 0.6) is 5.88 Å². The molecule has 2 aromatic rings. The second-order valence-corrected chi connectivity index (χ2v) is 6.63. The van der Waals surface area contributed by atoms with Crippen molar-refractivity contribution in [3.8, 4) is 5.88 Å². The summed E-state index contributed by atoms with van der Waals surface area (Å²) in [5.74, 6) is 2.66. The van der Waals surface area contributed by atoms with Crippen molar-refractivity contribution < 1.29 is 9.53 Å². The van der Waals surface area contributed by atoms with Crippen molar-refractivity contribution in [2.24, 2.45) is 0 Å². The van der Waals surface area contributed by atoms with Crippen LogP contribution < -0.4 is 10.1 Å². The predicted octanol–water partition coefficient (Wildman–Crippen LogP) is 2.94. The zero-order chi connectivity index (χ0) is 15.9. The molecule has 1 aromatic heterocycles. The molecule has 1 unspecified atom stereocenters. The maximum absolute atomic E-state index is 12.1. The van der Waals surface area contributed by atoms with Gasteiger partial charge in [-0.05, 0) is 30.2 Å². The van der Waals surface area contributed by atoms with Gasteiger partial charge in [0.1, 0.15) is 6.10 Å². The number of benzene rings is 1. The molecule has 5 heteroatoms. The van der Waals surface area contributed by atoms with Crippen molar-refractivity contribution in [2.45, 2.75) is 18.9 Å². The van der Waals surface area contributed by atoms with E-state index in [2.05, 4.69) is 22.4 Å². The fourth-order valence-corrected chi connectivity index (χ4v) is 3.52. The molecule has 1 aliphatic heterocycles. The summed E-state index contributed by atoms with van der Waals surface area (Å²) in [7, 11) is 0. The molecule has 0 bridgehead atoms. The summed E-state index contributed by atoms with van der Waals surface area (Å²) < 4.78 is 5.79. The molecular weight excluding hydrogens is 308 g/mol. The summed E-state index contributed by atoms with van der Waals surface area (Å²) in [6.07, 6.45) is 3.71. The summed E-state index contributed by atoms with van der Waals surface area (Å²) in [4.78, 5) is 16.3. The molecule has 0 saturated carbocycles. The monoisotopic (exact) mass is 328 g/mol. The average molecular weight is 328 g/mol. The molecule has 1 aromatic carbocycles. The SMILES string of the molecule is O=C(NCCc1ccccc1)c1ccc(OC2CCSC2)nc1. The molecule has 1 fully saturated rings. The number of thioether (sulfide) groups is 1. The number of nitrogens with one attached hydrogen (secondary N) is 1. The van der Waals surface area contributed by atoms with Crippen LogP contribution in [0.1, 0.15) is 22.3 Å². The smallest absolute Gasteiger partial charge is 0.252 e. The molecule has 3 rings (SSSR count). The number of carbonyl (C=O) groups is 1. The highest BCUT2D eigenvalue weighted by Gasteiger charge is 2.17. The highest BCUT2D eigenvalue weighted by atomic mass is 32.2. The van der Waals surface area contributed by atoms with Crippen LogP contribution in [0.25, 0.3) is 0 Å². The third kappa shape index (κ3) is 4.73. The van der Waals surface area contributed by atoms with E-state index < -0.39 is 0 Å². The molecule has 4 nitrogen and oxygen atoms in total. The number of rotatable bonds is 6. The van der Waals surface area contributed by atoms with E-state index in [1.807, 2.05) is 30.0 Å². The van der Waals surface area contributed by atoms with E-state index in [1.54, 1.807) is 18.3 Å². The maximum Gasteiger partial charge on any atom is 0.252 e. The largest absolute Gasteiger partial charge is 0.473 e. The second-order valence-electron chi connectivity index (χ2n) is 5.48. The minimum absolute atomic E-state index is 0.101. The molecule has 1 N–H and O–H groups in total. The van der Waals surface area contributed by atoms with Crippen LogP contribution in [0.4, 0.5) is 0 Å². The summed E-state index contributed by atoms with van der Waals surface area (Å²) in [6.45, 7) is 0.612. The highest BCUT2D eigenvalue weighted by molar-refractivity contribution is 7.99. The molecular formula is C18H20N2O2S. The van der Waals surface area contributed by atoms with Gasteiger partial charge in [0.05, 0.1) is 5.56 Å². The van der Waals surface area contributed by atoms with Crippen molar-refractivity contribution in [2.75, 3.05) is 18.1 Å². The van der Waals surface area contributed by atoms with E-state index >= 15 is 0 Å². The Morgan fingerprint density at radius 3 is 2.83 bits per heavy atom. The van der Waals surface area contributed by atoms with Gasteiger partial charge in [-0.15, -0.1) is 0 Å². The van der Waals surface area contributed by atoms with Gasteiger partial charge < -0.3 is 10.1 Å². The lowest BCUT2D eigenvalue weighted by atomic mass is 10.1. The summed E-state index contributed by atoms with van der Waals surface area (Å²) >= 11 is 1.90. The molecule has 1 saturated heterocycles. The zero-order valence-corrected chi connectivity index (χ0v) is 13.7. The van der Waals surface area contributed by atoms with Gasteiger partial charge in [-0.2, -0.15) is 11.8 Å². The summed E-state index contributed by atoms with van der Waals surface area (Å²) in [6, 6.07) is 13.6. The Hall–Kier alpha value is -2.01. The third-order valence-corrected chi connectivity index (χ3v) is 4.85. The lowest BCUT2D eigenvalue weighted by Crippen LogP contribution is -2.25. The first kappa shape index (κ1) is 15.9. The van der Waals surface area contributed by atoms with Gasteiger partial charge in [-0.1, -0.05) is 30.3 Å². The van der Waals surface area contributed by atoms with E-state index in [4.69, 9.17) is 4.74 Å². The molecule has 0 radical (unpaired) electrons. The predicted molar refractivity (Wildman–Crippen MR) is 93.1 cm³/mol. The standard InChI is InChI=1S/C18H20N2O2S/c21-18(19-10-8-14-4-2-1-3-5-14)15-6-7-17(20-12-15)22-16-9-11-23-13-16/h1-7,12,16H,8-11,13H2,(H,19,21). The van der Waals surface area contributed by atoms with Crippen molar-refractivity contribution in [1.29, 1.82) is 0 Å². The van der Waals surface area contributed by atoms with Crippen molar-refractivity contribution in [1.82, 2.24) is 10.3 Å². The first-order valence-electron chi connectivity index (χ1n) is 7.84. The van der Waals surface area contributed by atoms with Gasteiger partial charge in [0.2, 0.25) is 5.88 Å². The third-order valence-electron chi connectivity index (χ3n) is 3.72. The first-order valence-corrected chi connectivity index (χ1v) is 8.99. The minimum atomic E-state index is -0.101. The molecule has 23 heavy (non-hydrogen) atoms. The molecule has 120 valence electrons.